The molecule has 7 nitrogen and oxygen atoms in total. The average Bonchev–Trinajstić information content (AvgIpc) is 2.70. The number of hydrogen-bond acceptors (Lipinski definition) is 5. The third kappa shape index (κ3) is 4.03. The maximum absolute atomic E-state index is 11.3. The van der Waals surface area contributed by atoms with Gasteiger partial charge in [-0.05, 0) is 19.8 Å². The highest BCUT2D eigenvalue weighted by Gasteiger charge is 2.12. The molecule has 7 heteroatoms. The van der Waals surface area contributed by atoms with Crippen molar-refractivity contribution in [3.05, 3.63) is 5.82 Å². The normalized spacial score (nSPS) is 12.4. The fraction of sp³-hybridized carbons (Fsp3) is 0.750. The van der Waals surface area contributed by atoms with Gasteiger partial charge >= 0.3 is 0 Å². The second-order valence-electron chi connectivity index (χ2n) is 3.24. The van der Waals surface area contributed by atoms with Crippen LogP contribution in [0.2, 0.25) is 0 Å². The zero-order valence-corrected chi connectivity index (χ0v) is 8.60. The molecule has 0 aromatic carbocycles. The maximum Gasteiger partial charge on any atom is 0.220 e. The van der Waals surface area contributed by atoms with Gasteiger partial charge in [-0.25, -0.2) is 0 Å². The molecule has 0 aliphatic rings. The molecule has 1 aromatic heterocycles. The summed E-state index contributed by atoms with van der Waals surface area (Å²) in [6.07, 6.45) is 1.73. The molecule has 1 aromatic rings. The average molecular weight is 213 g/mol. The SMILES string of the molecule is CC(NC(=O)CCCCO)c1nn[nH]n1. The molecule has 84 valence electrons. The minimum absolute atomic E-state index is 0.0687. The number of H-pyrrole nitrogens is 1. The van der Waals surface area contributed by atoms with Crippen LogP contribution < -0.4 is 5.32 Å². The van der Waals surface area contributed by atoms with Crippen molar-refractivity contribution in [1.29, 1.82) is 0 Å². The van der Waals surface area contributed by atoms with Crippen LogP contribution in [0.3, 0.4) is 0 Å². The molecule has 0 spiro atoms. The number of aliphatic hydroxyl groups is 1. The number of hydrogen-bond donors (Lipinski definition) is 3. The Morgan fingerprint density at radius 3 is 3.00 bits per heavy atom. The first-order valence-electron chi connectivity index (χ1n) is 4.87. The predicted molar refractivity (Wildman–Crippen MR) is 51.7 cm³/mol. The Hall–Kier alpha value is -1.50. The number of nitrogens with zero attached hydrogens (tertiary/aromatic N) is 3. The molecule has 0 fully saturated rings. The van der Waals surface area contributed by atoms with E-state index in [9.17, 15) is 4.79 Å². The van der Waals surface area contributed by atoms with E-state index in [-0.39, 0.29) is 18.6 Å². The lowest BCUT2D eigenvalue weighted by Crippen LogP contribution is -2.27. The van der Waals surface area contributed by atoms with E-state index in [0.717, 1.165) is 0 Å². The van der Waals surface area contributed by atoms with Crippen LogP contribution in [0.25, 0.3) is 0 Å². The Kier molecular flexibility index (Phi) is 4.69. The molecule has 1 amide bonds. The van der Waals surface area contributed by atoms with Crippen LogP contribution in [0.1, 0.15) is 38.1 Å². The van der Waals surface area contributed by atoms with Gasteiger partial charge in [0, 0.05) is 13.0 Å². The summed E-state index contributed by atoms with van der Waals surface area (Å²) in [7, 11) is 0. The fourth-order valence-electron chi connectivity index (χ4n) is 1.13. The molecule has 1 unspecified atom stereocenters. The first kappa shape index (κ1) is 11.6. The summed E-state index contributed by atoms with van der Waals surface area (Å²) in [6.45, 7) is 1.91. The quantitative estimate of drug-likeness (QED) is 0.555. The van der Waals surface area contributed by atoms with Crippen LogP contribution in [0.5, 0.6) is 0 Å². The van der Waals surface area contributed by atoms with Crippen molar-refractivity contribution in [3.63, 3.8) is 0 Å². The van der Waals surface area contributed by atoms with Crippen molar-refractivity contribution in [2.75, 3.05) is 6.61 Å². The minimum Gasteiger partial charge on any atom is -0.396 e. The molecule has 15 heavy (non-hydrogen) atoms. The lowest BCUT2D eigenvalue weighted by atomic mass is 10.2. The summed E-state index contributed by atoms with van der Waals surface area (Å²) in [4.78, 5) is 11.3. The van der Waals surface area contributed by atoms with Crippen LogP contribution in [0.4, 0.5) is 0 Å². The highest BCUT2D eigenvalue weighted by Crippen LogP contribution is 2.04. The molecule has 3 N–H and O–H groups in total. The number of aromatic amines is 1. The molecule has 1 atom stereocenters. The van der Waals surface area contributed by atoms with Gasteiger partial charge in [0.15, 0.2) is 5.82 Å². The van der Waals surface area contributed by atoms with Crippen molar-refractivity contribution in [1.82, 2.24) is 25.9 Å². The summed E-state index contributed by atoms with van der Waals surface area (Å²) in [6, 6.07) is -0.245. The minimum atomic E-state index is -0.245. The number of tetrazole rings is 1. The number of aliphatic hydroxyl groups excluding tert-OH is 1. The smallest absolute Gasteiger partial charge is 0.220 e. The maximum atomic E-state index is 11.3. The van der Waals surface area contributed by atoms with Crippen LogP contribution >= 0.6 is 0 Å². The summed E-state index contributed by atoms with van der Waals surface area (Å²) in [5.41, 5.74) is 0. The molecule has 0 saturated heterocycles. The summed E-state index contributed by atoms with van der Waals surface area (Å²) in [5, 5.41) is 24.5. The van der Waals surface area contributed by atoms with E-state index in [1.54, 1.807) is 6.92 Å². The van der Waals surface area contributed by atoms with E-state index in [1.807, 2.05) is 0 Å². The number of carbonyl (C=O) groups is 1. The van der Waals surface area contributed by atoms with E-state index < -0.39 is 0 Å². The molecule has 0 aliphatic carbocycles. The molecule has 0 aliphatic heterocycles. The van der Waals surface area contributed by atoms with Gasteiger partial charge in [-0.1, -0.05) is 5.21 Å². The van der Waals surface area contributed by atoms with Crippen molar-refractivity contribution >= 4 is 5.91 Å². The number of rotatable bonds is 6. The highest BCUT2D eigenvalue weighted by molar-refractivity contribution is 5.76. The van der Waals surface area contributed by atoms with Gasteiger partial charge in [0.1, 0.15) is 0 Å². The Bertz CT molecular complexity index is 287. The van der Waals surface area contributed by atoms with Crippen molar-refractivity contribution in [2.24, 2.45) is 0 Å². The van der Waals surface area contributed by atoms with E-state index in [2.05, 4.69) is 25.9 Å². The zero-order chi connectivity index (χ0) is 11.1. The Morgan fingerprint density at radius 1 is 1.60 bits per heavy atom. The molecular formula is C8H15N5O2. The second-order valence-corrected chi connectivity index (χ2v) is 3.24. The van der Waals surface area contributed by atoms with Crippen LogP contribution in [0, 0.1) is 0 Å². The van der Waals surface area contributed by atoms with Gasteiger partial charge < -0.3 is 10.4 Å². The van der Waals surface area contributed by atoms with Crippen molar-refractivity contribution in [3.8, 4) is 0 Å². The lowest BCUT2D eigenvalue weighted by molar-refractivity contribution is -0.121. The number of amides is 1. The zero-order valence-electron chi connectivity index (χ0n) is 8.60. The largest absolute Gasteiger partial charge is 0.396 e. The molecule has 1 heterocycles. The first-order valence-corrected chi connectivity index (χ1v) is 4.87. The number of nitrogens with one attached hydrogen (secondary N) is 2. The van der Waals surface area contributed by atoms with Crippen molar-refractivity contribution in [2.45, 2.75) is 32.2 Å². The number of aromatic nitrogens is 4. The third-order valence-corrected chi connectivity index (χ3v) is 1.94. The van der Waals surface area contributed by atoms with Gasteiger partial charge in [0.05, 0.1) is 6.04 Å². The van der Waals surface area contributed by atoms with E-state index in [0.29, 0.717) is 25.1 Å². The fourth-order valence-corrected chi connectivity index (χ4v) is 1.13. The Labute approximate surface area is 87.3 Å². The van der Waals surface area contributed by atoms with Crippen molar-refractivity contribution < 1.29 is 9.90 Å². The lowest BCUT2D eigenvalue weighted by Gasteiger charge is -2.09. The van der Waals surface area contributed by atoms with Gasteiger partial charge in [-0.15, -0.1) is 10.2 Å². The topological polar surface area (TPSA) is 104 Å². The van der Waals surface area contributed by atoms with Crippen LogP contribution in [-0.4, -0.2) is 38.2 Å². The molecule has 0 bridgehead atoms. The Balaban J connectivity index is 2.26. The third-order valence-electron chi connectivity index (χ3n) is 1.94. The summed E-state index contributed by atoms with van der Waals surface area (Å²) in [5.74, 6) is 0.395. The van der Waals surface area contributed by atoms with Gasteiger partial charge in [-0.3, -0.25) is 4.79 Å². The second kappa shape index (κ2) is 6.07. The van der Waals surface area contributed by atoms with E-state index >= 15 is 0 Å². The standard InChI is InChI=1S/C8H15N5O2/c1-6(8-10-12-13-11-8)9-7(15)4-2-3-5-14/h6,14H,2-5H2,1H3,(H,9,15)(H,10,11,12,13). The van der Waals surface area contributed by atoms with E-state index in [1.165, 1.54) is 0 Å². The highest BCUT2D eigenvalue weighted by atomic mass is 16.3. The number of carbonyl (C=O) groups excluding carboxylic acids is 1. The molecular weight excluding hydrogens is 198 g/mol. The Morgan fingerprint density at radius 2 is 2.40 bits per heavy atom. The van der Waals surface area contributed by atoms with Gasteiger partial charge in [0.2, 0.25) is 5.91 Å². The molecule has 0 saturated carbocycles. The monoisotopic (exact) mass is 213 g/mol. The van der Waals surface area contributed by atoms with Gasteiger partial charge in [0.25, 0.3) is 0 Å². The van der Waals surface area contributed by atoms with Crippen LogP contribution in [-0.2, 0) is 4.79 Å². The van der Waals surface area contributed by atoms with Crippen LogP contribution in [0.15, 0.2) is 0 Å². The molecule has 0 radical (unpaired) electrons. The van der Waals surface area contributed by atoms with E-state index in [4.69, 9.17) is 5.11 Å². The summed E-state index contributed by atoms with van der Waals surface area (Å²) < 4.78 is 0. The summed E-state index contributed by atoms with van der Waals surface area (Å²) >= 11 is 0. The first-order chi connectivity index (χ1) is 7.24. The van der Waals surface area contributed by atoms with Gasteiger partial charge in [-0.2, -0.15) is 5.21 Å². The predicted octanol–water partition coefficient (Wildman–Crippen LogP) is -0.461. The molecule has 1 rings (SSSR count). The number of unbranched alkanes of at least 4 members (excludes halogenated alkanes) is 1.